The van der Waals surface area contributed by atoms with Crippen LogP contribution in [-0.4, -0.2) is 0 Å². The highest BCUT2D eigenvalue weighted by molar-refractivity contribution is 7.26. The van der Waals surface area contributed by atoms with Crippen molar-refractivity contribution in [3.8, 4) is 89.0 Å². The summed E-state index contributed by atoms with van der Waals surface area (Å²) in [7, 11) is 0. The van der Waals surface area contributed by atoms with Gasteiger partial charge in [0, 0.05) is 41.9 Å². The average molecular weight is 1200 g/mol. The molecular formula is C91H60OS. The molecule has 436 valence electrons. The minimum Gasteiger partial charge on any atom is -0.455 e. The Balaban J connectivity index is 0.000000137. The third-order valence-electron chi connectivity index (χ3n) is 19.8. The topological polar surface area (TPSA) is 13.1 Å². The van der Waals surface area contributed by atoms with Gasteiger partial charge in [-0.1, -0.05) is 317 Å². The number of fused-ring (bicyclic) bond motifs is 13. The van der Waals surface area contributed by atoms with Crippen molar-refractivity contribution < 1.29 is 4.42 Å². The standard InChI is InChI=1S/C47H32O.C44H28S/c1-47(2)40-22-12-10-16-32(40)33-25-24-30(28-41(33)47)31-26-27-39(45-38-21-11-13-23-42(38)48-46(31)45)44-36-19-8-6-17-34(36)43(29-14-4-3-5-15-29)35-18-7-9-20-37(35)44;1-3-13-29(14-4-1)30-23-25-31(26-24-30)33-27-28-39(43-38-21-11-12-22-40(38)45-44(33)43)42-36-19-9-7-17-34(36)41(32-15-5-2-6-16-32)35-18-8-10-20-37(35)42/h3-28H,1-2H3;1-28H. The summed E-state index contributed by atoms with van der Waals surface area (Å²) in [5.74, 6) is 0. The van der Waals surface area contributed by atoms with Crippen LogP contribution in [0.3, 0.4) is 0 Å². The van der Waals surface area contributed by atoms with E-state index in [1.807, 2.05) is 11.3 Å². The minimum atomic E-state index is -0.0762. The van der Waals surface area contributed by atoms with Gasteiger partial charge >= 0.3 is 0 Å². The van der Waals surface area contributed by atoms with E-state index in [-0.39, 0.29) is 5.41 Å². The lowest BCUT2D eigenvalue weighted by Gasteiger charge is -2.22. The maximum atomic E-state index is 6.85. The van der Waals surface area contributed by atoms with Gasteiger partial charge in [0.15, 0.2) is 0 Å². The van der Waals surface area contributed by atoms with Gasteiger partial charge in [0.25, 0.3) is 0 Å². The molecule has 1 aliphatic carbocycles. The van der Waals surface area contributed by atoms with Gasteiger partial charge in [-0.05, 0) is 162 Å². The highest BCUT2D eigenvalue weighted by atomic mass is 32.1. The summed E-state index contributed by atoms with van der Waals surface area (Å²) in [6, 6.07) is 120. The zero-order valence-electron chi connectivity index (χ0n) is 51.5. The van der Waals surface area contributed by atoms with Gasteiger partial charge in [-0.15, -0.1) is 11.3 Å². The molecule has 1 nitrogen and oxygen atoms in total. The summed E-state index contributed by atoms with van der Waals surface area (Å²) in [4.78, 5) is 0. The normalized spacial score (nSPS) is 12.5. The Morgan fingerprint density at radius 3 is 1.18 bits per heavy atom. The van der Waals surface area contributed by atoms with E-state index in [9.17, 15) is 0 Å². The van der Waals surface area contributed by atoms with E-state index in [2.05, 4.69) is 341 Å². The molecule has 0 bridgehead atoms. The van der Waals surface area contributed by atoms with Crippen molar-refractivity contribution >= 4 is 96.5 Å². The highest BCUT2D eigenvalue weighted by Crippen LogP contribution is 2.54. The second-order valence-electron chi connectivity index (χ2n) is 25.2. The van der Waals surface area contributed by atoms with Gasteiger partial charge in [0.05, 0.1) is 0 Å². The maximum Gasteiger partial charge on any atom is 0.143 e. The Morgan fingerprint density at radius 1 is 0.247 bits per heavy atom. The van der Waals surface area contributed by atoms with E-state index in [4.69, 9.17) is 4.42 Å². The van der Waals surface area contributed by atoms with Crippen LogP contribution in [0.5, 0.6) is 0 Å². The van der Waals surface area contributed by atoms with Gasteiger partial charge in [0.2, 0.25) is 0 Å². The molecule has 16 aromatic carbocycles. The van der Waals surface area contributed by atoms with Crippen LogP contribution in [0.15, 0.2) is 332 Å². The lowest BCUT2D eigenvalue weighted by atomic mass is 9.81. The largest absolute Gasteiger partial charge is 0.455 e. The first-order valence-electron chi connectivity index (χ1n) is 32.2. The number of benzene rings is 16. The van der Waals surface area contributed by atoms with E-state index >= 15 is 0 Å². The zero-order chi connectivity index (χ0) is 61.7. The Hall–Kier alpha value is -11.4. The molecule has 93 heavy (non-hydrogen) atoms. The predicted octanol–water partition coefficient (Wildman–Crippen LogP) is 26.2. The fourth-order valence-corrected chi connectivity index (χ4v) is 16.8. The van der Waals surface area contributed by atoms with E-state index in [0.717, 1.165) is 27.5 Å². The summed E-state index contributed by atoms with van der Waals surface area (Å²) in [6.45, 7) is 4.69. The molecular weight excluding hydrogens is 1140 g/mol. The molecule has 2 aromatic heterocycles. The number of thiophene rings is 1. The first-order valence-corrected chi connectivity index (χ1v) is 33.0. The van der Waals surface area contributed by atoms with Crippen LogP contribution in [0.25, 0.3) is 174 Å². The Labute approximate surface area is 544 Å². The molecule has 0 amide bonds. The molecule has 0 unspecified atom stereocenters. The molecule has 0 N–H and O–H groups in total. The number of rotatable bonds is 7. The minimum absolute atomic E-state index is 0.0762. The van der Waals surface area contributed by atoms with E-state index in [1.54, 1.807) is 0 Å². The summed E-state index contributed by atoms with van der Waals surface area (Å²) in [5, 5.41) is 15.1. The van der Waals surface area contributed by atoms with Crippen LogP contribution in [-0.2, 0) is 5.41 Å². The van der Waals surface area contributed by atoms with Crippen molar-refractivity contribution in [3.05, 3.63) is 339 Å². The molecule has 18 aromatic rings. The lowest BCUT2D eigenvalue weighted by Crippen LogP contribution is -2.14. The molecule has 0 spiro atoms. The van der Waals surface area contributed by atoms with Crippen molar-refractivity contribution in [3.63, 3.8) is 0 Å². The molecule has 1 aliphatic rings. The summed E-state index contributed by atoms with van der Waals surface area (Å²) >= 11 is 1.90. The third-order valence-corrected chi connectivity index (χ3v) is 21.0. The van der Waals surface area contributed by atoms with Crippen LogP contribution in [0.2, 0.25) is 0 Å². The van der Waals surface area contributed by atoms with Gasteiger partial charge < -0.3 is 4.42 Å². The van der Waals surface area contributed by atoms with Crippen LogP contribution in [0.1, 0.15) is 25.0 Å². The van der Waals surface area contributed by atoms with Gasteiger partial charge in [-0.25, -0.2) is 0 Å². The number of furan rings is 1. The predicted molar refractivity (Wildman–Crippen MR) is 399 cm³/mol. The average Bonchev–Trinajstić information content (AvgIpc) is 1.72. The smallest absolute Gasteiger partial charge is 0.143 e. The van der Waals surface area contributed by atoms with E-state index < -0.39 is 0 Å². The monoisotopic (exact) mass is 1200 g/mol. The molecule has 0 fully saturated rings. The SMILES string of the molecule is CC1(C)c2ccccc2-c2ccc(-c3ccc(-c4c5ccccc5c(-c5ccccc5)c5ccccc45)c4c3oc3ccccc34)cc21.c1ccc(-c2ccc(-c3ccc(-c4c5ccccc5c(-c5ccccc5)c5ccccc45)c4c3sc3ccccc34)cc2)cc1. The highest BCUT2D eigenvalue weighted by Gasteiger charge is 2.36. The van der Waals surface area contributed by atoms with Gasteiger partial charge in [-0.2, -0.15) is 0 Å². The molecule has 0 saturated heterocycles. The molecule has 2 heterocycles. The van der Waals surface area contributed by atoms with E-state index in [0.29, 0.717) is 0 Å². The first-order chi connectivity index (χ1) is 45.9. The van der Waals surface area contributed by atoms with Crippen LogP contribution < -0.4 is 0 Å². The molecule has 2 heteroatoms. The van der Waals surface area contributed by atoms with Crippen molar-refractivity contribution in [2.75, 3.05) is 0 Å². The number of hydrogen-bond donors (Lipinski definition) is 0. The van der Waals surface area contributed by atoms with Gasteiger partial charge in [0.1, 0.15) is 11.2 Å². The zero-order valence-corrected chi connectivity index (χ0v) is 52.3. The van der Waals surface area contributed by atoms with Gasteiger partial charge in [-0.3, -0.25) is 0 Å². The van der Waals surface area contributed by atoms with Crippen molar-refractivity contribution in [1.82, 2.24) is 0 Å². The molecule has 0 atom stereocenters. The molecule has 0 radical (unpaired) electrons. The lowest BCUT2D eigenvalue weighted by molar-refractivity contribution is 0.660. The Bertz CT molecular complexity index is 5880. The van der Waals surface area contributed by atoms with E-state index in [1.165, 1.54) is 158 Å². The number of para-hydroxylation sites is 1. The van der Waals surface area contributed by atoms with Crippen molar-refractivity contribution in [2.45, 2.75) is 19.3 Å². The summed E-state index contributed by atoms with van der Waals surface area (Å²) in [5.41, 5.74) is 24.6. The van der Waals surface area contributed by atoms with Crippen molar-refractivity contribution in [2.24, 2.45) is 0 Å². The Kier molecular flexibility index (Phi) is 12.8. The maximum absolute atomic E-state index is 6.85. The van der Waals surface area contributed by atoms with Crippen LogP contribution >= 0.6 is 11.3 Å². The fourth-order valence-electron chi connectivity index (χ4n) is 15.5. The van der Waals surface area contributed by atoms with Crippen LogP contribution in [0.4, 0.5) is 0 Å². The summed E-state index contributed by atoms with van der Waals surface area (Å²) in [6.07, 6.45) is 0. The fraction of sp³-hybridized carbons (Fsp3) is 0.0330. The molecule has 19 rings (SSSR count). The molecule has 0 aliphatic heterocycles. The summed E-state index contributed by atoms with van der Waals surface area (Å²) < 4.78 is 9.50. The third kappa shape index (κ3) is 8.74. The second kappa shape index (κ2) is 21.9. The molecule has 0 saturated carbocycles. The quantitative estimate of drug-likeness (QED) is 0.145. The van der Waals surface area contributed by atoms with Crippen LogP contribution in [0, 0.1) is 0 Å². The van der Waals surface area contributed by atoms with Crippen molar-refractivity contribution in [1.29, 1.82) is 0 Å². The number of hydrogen-bond acceptors (Lipinski definition) is 2. The second-order valence-corrected chi connectivity index (χ2v) is 26.3. The Morgan fingerprint density at radius 2 is 0.624 bits per heavy atom. The first kappa shape index (κ1) is 54.5.